The minimum absolute atomic E-state index is 0.122. The summed E-state index contributed by atoms with van der Waals surface area (Å²) in [7, 11) is 0. The van der Waals surface area contributed by atoms with Gasteiger partial charge in [-0.3, -0.25) is 4.79 Å². The quantitative estimate of drug-likeness (QED) is 0.446. The molecule has 0 aliphatic carbocycles. The highest BCUT2D eigenvalue weighted by Gasteiger charge is 2.11. The molecule has 0 bridgehead atoms. The Labute approximate surface area is 167 Å². The third-order valence-electron chi connectivity index (χ3n) is 3.91. The van der Waals surface area contributed by atoms with Crippen LogP contribution in [0.4, 0.5) is 0 Å². The van der Waals surface area contributed by atoms with Crippen molar-refractivity contribution in [2.75, 3.05) is 0 Å². The molecule has 134 valence electrons. The second-order valence-electron chi connectivity index (χ2n) is 5.97. The van der Waals surface area contributed by atoms with Gasteiger partial charge in [0.15, 0.2) is 5.78 Å². The van der Waals surface area contributed by atoms with Crippen molar-refractivity contribution in [2.45, 2.75) is 6.92 Å². The summed E-state index contributed by atoms with van der Waals surface area (Å²) in [5.74, 6) is -0.122. The molecule has 0 saturated heterocycles. The van der Waals surface area contributed by atoms with Gasteiger partial charge >= 0.3 is 0 Å². The van der Waals surface area contributed by atoms with Gasteiger partial charge in [-0.25, -0.2) is 4.98 Å². The highest BCUT2D eigenvalue weighted by Crippen LogP contribution is 2.22. The highest BCUT2D eigenvalue weighted by molar-refractivity contribution is 7.14. The maximum Gasteiger partial charge on any atom is 0.197 e. The number of thiazole rings is 1. The lowest BCUT2D eigenvalue weighted by atomic mass is 10.1. The third kappa shape index (κ3) is 4.67. The Kier molecular flexibility index (Phi) is 5.91. The van der Waals surface area contributed by atoms with Gasteiger partial charge in [0.05, 0.1) is 33.8 Å². The number of hydrogen-bond acceptors (Lipinski definition) is 5. The van der Waals surface area contributed by atoms with Crippen LogP contribution >= 0.6 is 11.3 Å². The molecule has 0 atom stereocenters. The van der Waals surface area contributed by atoms with Gasteiger partial charge in [-0.05, 0) is 54.5 Å². The van der Waals surface area contributed by atoms with Crippen molar-refractivity contribution in [2.24, 2.45) is 0 Å². The lowest BCUT2D eigenvalue weighted by Gasteiger charge is -1.94. The van der Waals surface area contributed by atoms with E-state index in [2.05, 4.69) is 17.1 Å². The summed E-state index contributed by atoms with van der Waals surface area (Å²) in [6, 6.07) is 18.5. The number of carbonyl (C=O) groups is 1. The van der Waals surface area contributed by atoms with Gasteiger partial charge in [0.1, 0.15) is 5.01 Å². The summed E-state index contributed by atoms with van der Waals surface area (Å²) in [5, 5.41) is 18.6. The van der Waals surface area contributed by atoms with Crippen LogP contribution in [0, 0.1) is 29.6 Å². The summed E-state index contributed by atoms with van der Waals surface area (Å²) in [5.41, 5.74) is 3.52. The van der Waals surface area contributed by atoms with E-state index in [1.54, 1.807) is 36.4 Å². The van der Waals surface area contributed by atoms with Gasteiger partial charge in [0.25, 0.3) is 0 Å². The van der Waals surface area contributed by atoms with Crippen molar-refractivity contribution < 1.29 is 4.79 Å². The van der Waals surface area contributed by atoms with E-state index in [0.29, 0.717) is 21.7 Å². The molecule has 28 heavy (non-hydrogen) atoms. The van der Waals surface area contributed by atoms with Crippen LogP contribution in [0.15, 0.2) is 54.6 Å². The van der Waals surface area contributed by atoms with Crippen LogP contribution in [0.3, 0.4) is 0 Å². The molecule has 0 fully saturated rings. The molecule has 0 amide bonds. The molecule has 0 aliphatic rings. The van der Waals surface area contributed by atoms with E-state index in [0.717, 1.165) is 16.1 Å². The van der Waals surface area contributed by atoms with Crippen LogP contribution in [-0.4, -0.2) is 10.8 Å². The zero-order chi connectivity index (χ0) is 19.9. The smallest absolute Gasteiger partial charge is 0.197 e. The maximum atomic E-state index is 12.5. The topological polar surface area (TPSA) is 77.5 Å². The zero-order valence-electron chi connectivity index (χ0n) is 15.1. The average Bonchev–Trinajstić information content (AvgIpc) is 3.11. The van der Waals surface area contributed by atoms with E-state index in [1.165, 1.54) is 17.4 Å². The van der Waals surface area contributed by atoms with E-state index in [-0.39, 0.29) is 5.78 Å². The summed E-state index contributed by atoms with van der Waals surface area (Å²) < 4.78 is 0. The van der Waals surface area contributed by atoms with Crippen LogP contribution < -0.4 is 0 Å². The summed E-state index contributed by atoms with van der Waals surface area (Å²) >= 11 is 1.32. The van der Waals surface area contributed by atoms with Crippen LogP contribution in [-0.2, 0) is 0 Å². The predicted molar refractivity (Wildman–Crippen MR) is 111 cm³/mol. The Morgan fingerprint density at radius 2 is 1.57 bits per heavy atom. The summed E-state index contributed by atoms with van der Waals surface area (Å²) in [4.78, 5) is 17.5. The predicted octanol–water partition coefficient (Wildman–Crippen LogP) is 5.26. The number of rotatable bonds is 5. The molecule has 4 nitrogen and oxygen atoms in total. The molecular formula is C23H15N3OS. The third-order valence-corrected chi connectivity index (χ3v) is 5.05. The number of allylic oxidation sites excluding steroid dienone is 1. The molecule has 1 heterocycles. The fraction of sp³-hybridized carbons (Fsp3) is 0.0435. The molecule has 0 aliphatic heterocycles. The Balaban J connectivity index is 1.76. The fourth-order valence-corrected chi connectivity index (χ4v) is 3.45. The normalized spacial score (nSPS) is 10.8. The second-order valence-corrected chi connectivity index (χ2v) is 7.00. The van der Waals surface area contributed by atoms with E-state index in [1.807, 2.05) is 37.3 Å². The largest absolute Gasteiger partial charge is 0.288 e. The van der Waals surface area contributed by atoms with Crippen LogP contribution in [0.1, 0.15) is 42.6 Å². The van der Waals surface area contributed by atoms with Crippen molar-refractivity contribution in [3.05, 3.63) is 92.4 Å². The molecule has 0 saturated carbocycles. The minimum atomic E-state index is -0.122. The zero-order valence-corrected chi connectivity index (χ0v) is 15.9. The van der Waals surface area contributed by atoms with E-state index in [9.17, 15) is 4.79 Å². The first-order valence-electron chi connectivity index (χ1n) is 8.47. The Morgan fingerprint density at radius 1 is 0.964 bits per heavy atom. The Morgan fingerprint density at radius 3 is 2.18 bits per heavy atom. The monoisotopic (exact) mass is 381 g/mol. The molecule has 5 heteroatoms. The second kappa shape index (κ2) is 8.73. The molecule has 2 aromatic carbocycles. The number of carbonyl (C=O) groups excluding carboxylic acids is 1. The average molecular weight is 381 g/mol. The van der Waals surface area contributed by atoms with Gasteiger partial charge < -0.3 is 0 Å². The van der Waals surface area contributed by atoms with Crippen molar-refractivity contribution in [3.63, 3.8) is 0 Å². The van der Waals surface area contributed by atoms with Crippen LogP contribution in [0.25, 0.3) is 18.2 Å². The van der Waals surface area contributed by atoms with Crippen molar-refractivity contribution >= 4 is 35.3 Å². The molecule has 3 rings (SSSR count). The van der Waals surface area contributed by atoms with Gasteiger partial charge in [0.2, 0.25) is 0 Å². The SMILES string of the molecule is Cc1nc(/C=C\c2cccc(C#N)c2)sc1C(=O)/C=C\c1cccc(C#N)c1. The van der Waals surface area contributed by atoms with Gasteiger partial charge in [-0.1, -0.05) is 36.4 Å². The summed E-state index contributed by atoms with van der Waals surface area (Å²) in [6.07, 6.45) is 6.91. The molecular weight excluding hydrogens is 366 g/mol. The Hall–Kier alpha value is -3.80. The molecule has 0 N–H and O–H groups in total. The first-order chi connectivity index (χ1) is 13.6. The van der Waals surface area contributed by atoms with E-state index < -0.39 is 0 Å². The number of benzene rings is 2. The number of nitriles is 2. The highest BCUT2D eigenvalue weighted by atomic mass is 32.1. The Bertz CT molecular complexity index is 1170. The van der Waals surface area contributed by atoms with Crippen LogP contribution in [0.2, 0.25) is 0 Å². The number of hydrogen-bond donors (Lipinski definition) is 0. The van der Waals surface area contributed by atoms with Gasteiger partial charge in [-0.15, -0.1) is 11.3 Å². The molecule has 0 unspecified atom stereocenters. The van der Waals surface area contributed by atoms with E-state index in [4.69, 9.17) is 10.5 Å². The van der Waals surface area contributed by atoms with Crippen molar-refractivity contribution in [3.8, 4) is 12.1 Å². The van der Waals surface area contributed by atoms with Gasteiger partial charge in [-0.2, -0.15) is 10.5 Å². The van der Waals surface area contributed by atoms with Crippen molar-refractivity contribution in [1.82, 2.24) is 4.98 Å². The fourth-order valence-electron chi connectivity index (χ4n) is 2.56. The maximum absolute atomic E-state index is 12.5. The molecule has 1 aromatic heterocycles. The minimum Gasteiger partial charge on any atom is -0.288 e. The van der Waals surface area contributed by atoms with Crippen molar-refractivity contribution in [1.29, 1.82) is 10.5 Å². The van der Waals surface area contributed by atoms with Crippen LogP contribution in [0.5, 0.6) is 0 Å². The first-order valence-corrected chi connectivity index (χ1v) is 9.29. The lowest BCUT2D eigenvalue weighted by Crippen LogP contribution is -1.93. The standard InChI is InChI=1S/C23H15N3OS/c1-16-23(21(27)10-8-17-4-2-6-19(12-17)14-24)28-22(26-16)11-9-18-5-3-7-20(13-18)15-25/h2-13H,1H3/b10-8-,11-9-. The first kappa shape index (κ1) is 19.0. The molecule has 3 aromatic rings. The lowest BCUT2D eigenvalue weighted by molar-refractivity contribution is 0.105. The number of nitrogens with zero attached hydrogens (tertiary/aromatic N) is 3. The summed E-state index contributed by atoms with van der Waals surface area (Å²) in [6.45, 7) is 1.81. The number of aryl methyl sites for hydroxylation is 1. The number of ketones is 1. The molecule has 0 spiro atoms. The number of aromatic nitrogens is 1. The van der Waals surface area contributed by atoms with E-state index >= 15 is 0 Å². The van der Waals surface area contributed by atoms with Gasteiger partial charge in [0, 0.05) is 0 Å². The molecule has 0 radical (unpaired) electrons.